The first-order valence-corrected chi connectivity index (χ1v) is 8.54. The Kier molecular flexibility index (Phi) is 4.81. The van der Waals surface area contributed by atoms with Crippen molar-refractivity contribution >= 4 is 22.5 Å². The predicted molar refractivity (Wildman–Crippen MR) is 97.5 cm³/mol. The molecule has 1 amide bonds. The van der Waals surface area contributed by atoms with Gasteiger partial charge in [0.1, 0.15) is 12.4 Å². The fourth-order valence-electron chi connectivity index (χ4n) is 3.01. The van der Waals surface area contributed by atoms with E-state index in [-0.39, 0.29) is 11.8 Å². The number of hydrogen-bond acceptors (Lipinski definition) is 5. The molecule has 3 rings (SSSR count). The minimum atomic E-state index is -0.505. The fourth-order valence-corrected chi connectivity index (χ4v) is 3.01. The highest BCUT2D eigenvalue weighted by Crippen LogP contribution is 2.30. The van der Waals surface area contributed by atoms with Gasteiger partial charge >= 0.3 is 0 Å². The molecule has 0 radical (unpaired) electrons. The Balaban J connectivity index is 1.72. The second-order valence-corrected chi connectivity index (χ2v) is 7.23. The third-order valence-electron chi connectivity index (χ3n) is 4.30. The van der Waals surface area contributed by atoms with Crippen molar-refractivity contribution < 1.29 is 14.3 Å². The van der Waals surface area contributed by atoms with Crippen molar-refractivity contribution in [1.82, 2.24) is 10.3 Å². The van der Waals surface area contributed by atoms with E-state index in [1.807, 2.05) is 45.0 Å². The summed E-state index contributed by atoms with van der Waals surface area (Å²) in [5, 5.41) is 3.85. The number of rotatable bonds is 5. The minimum absolute atomic E-state index is 0.0147. The Morgan fingerprint density at radius 1 is 1.48 bits per heavy atom. The first kappa shape index (κ1) is 17.5. The lowest BCUT2D eigenvalue weighted by atomic mass is 10.0. The molecule has 134 valence electrons. The van der Waals surface area contributed by atoms with Gasteiger partial charge in [0, 0.05) is 18.0 Å². The Morgan fingerprint density at radius 3 is 3.00 bits per heavy atom. The number of carbonyl (C=O) groups excluding carboxylic acids is 1. The van der Waals surface area contributed by atoms with E-state index in [2.05, 4.69) is 10.3 Å². The summed E-state index contributed by atoms with van der Waals surface area (Å²) in [6.45, 7) is 7.27. The number of fused-ring (bicyclic) bond motifs is 1. The normalized spacial score (nSPS) is 17.6. The smallest absolute Gasteiger partial charge is 0.226 e. The molecule has 2 aromatic rings. The Morgan fingerprint density at radius 2 is 2.28 bits per heavy atom. The monoisotopic (exact) mass is 343 g/mol. The van der Waals surface area contributed by atoms with Gasteiger partial charge in [-0.05, 0) is 45.4 Å². The van der Waals surface area contributed by atoms with Gasteiger partial charge in [0.25, 0.3) is 0 Å². The summed E-state index contributed by atoms with van der Waals surface area (Å²) >= 11 is 0. The molecule has 1 unspecified atom stereocenters. The Hall–Kier alpha value is -2.34. The van der Waals surface area contributed by atoms with Gasteiger partial charge in [0.05, 0.1) is 29.0 Å². The summed E-state index contributed by atoms with van der Waals surface area (Å²) in [4.78, 5) is 16.8. The molecular weight excluding hydrogens is 318 g/mol. The fraction of sp³-hybridized carbons (Fsp3) is 0.474. The summed E-state index contributed by atoms with van der Waals surface area (Å²) in [7, 11) is 0. The number of hydrogen-bond donors (Lipinski definition) is 2. The number of pyridine rings is 1. The van der Waals surface area contributed by atoms with Crippen LogP contribution in [0.15, 0.2) is 24.3 Å². The van der Waals surface area contributed by atoms with Gasteiger partial charge < -0.3 is 20.5 Å². The van der Waals surface area contributed by atoms with Crippen LogP contribution >= 0.6 is 0 Å². The molecule has 0 spiro atoms. The van der Waals surface area contributed by atoms with Crippen molar-refractivity contribution in [2.45, 2.75) is 32.7 Å². The van der Waals surface area contributed by atoms with Gasteiger partial charge in [-0.3, -0.25) is 9.78 Å². The van der Waals surface area contributed by atoms with Crippen LogP contribution in [0.4, 0.5) is 5.69 Å². The number of aryl methyl sites for hydroxylation is 1. The van der Waals surface area contributed by atoms with E-state index < -0.39 is 5.54 Å². The van der Waals surface area contributed by atoms with Gasteiger partial charge in [-0.1, -0.05) is 6.07 Å². The molecule has 6 nitrogen and oxygen atoms in total. The maximum Gasteiger partial charge on any atom is 0.226 e. The number of carbonyl (C=O) groups is 1. The summed E-state index contributed by atoms with van der Waals surface area (Å²) < 4.78 is 11.3. The Bertz CT molecular complexity index is 783. The second kappa shape index (κ2) is 6.88. The number of nitrogens with one attached hydrogen (secondary N) is 1. The Labute approximate surface area is 147 Å². The van der Waals surface area contributed by atoms with Crippen LogP contribution in [0.5, 0.6) is 5.75 Å². The van der Waals surface area contributed by atoms with Crippen LogP contribution in [0.2, 0.25) is 0 Å². The third-order valence-corrected chi connectivity index (χ3v) is 4.30. The lowest BCUT2D eigenvalue weighted by molar-refractivity contribution is -0.126. The molecule has 1 saturated heterocycles. The molecular formula is C19H25N3O3. The largest absolute Gasteiger partial charge is 0.490 e. The van der Waals surface area contributed by atoms with E-state index >= 15 is 0 Å². The topological polar surface area (TPSA) is 86.5 Å². The van der Waals surface area contributed by atoms with E-state index in [1.54, 1.807) is 0 Å². The molecule has 1 fully saturated rings. The maximum atomic E-state index is 12.3. The highest BCUT2D eigenvalue weighted by atomic mass is 16.5. The van der Waals surface area contributed by atoms with Crippen molar-refractivity contribution in [3.05, 3.63) is 30.0 Å². The highest BCUT2D eigenvalue weighted by molar-refractivity contribution is 5.95. The number of anilines is 1. The number of nitrogens with zero attached hydrogens (tertiary/aromatic N) is 1. The molecule has 1 aromatic heterocycles. The molecule has 1 aliphatic rings. The van der Waals surface area contributed by atoms with E-state index in [0.29, 0.717) is 31.3 Å². The van der Waals surface area contributed by atoms with Crippen molar-refractivity contribution in [3.63, 3.8) is 0 Å². The van der Waals surface area contributed by atoms with Gasteiger partial charge in [-0.15, -0.1) is 0 Å². The molecule has 0 saturated carbocycles. The van der Waals surface area contributed by atoms with Crippen LogP contribution in [0.3, 0.4) is 0 Å². The van der Waals surface area contributed by atoms with Gasteiger partial charge in [-0.2, -0.15) is 0 Å². The van der Waals surface area contributed by atoms with Crippen LogP contribution in [0.1, 0.15) is 26.0 Å². The average molecular weight is 343 g/mol. The van der Waals surface area contributed by atoms with Gasteiger partial charge in [-0.25, -0.2) is 0 Å². The maximum absolute atomic E-state index is 12.3. The summed E-state index contributed by atoms with van der Waals surface area (Å²) in [6, 6.07) is 7.52. The quantitative estimate of drug-likeness (QED) is 0.871. The SMILES string of the molecule is Cc1cc(N)c2c(OCC(C)(C)NC(=O)C3CCOC3)cccc2n1. The van der Waals surface area contributed by atoms with Crippen LogP contribution in [-0.2, 0) is 9.53 Å². The van der Waals surface area contributed by atoms with E-state index in [1.165, 1.54) is 0 Å². The van der Waals surface area contributed by atoms with Crippen molar-refractivity contribution in [2.75, 3.05) is 25.6 Å². The van der Waals surface area contributed by atoms with E-state index in [4.69, 9.17) is 15.2 Å². The summed E-state index contributed by atoms with van der Waals surface area (Å²) in [5.41, 5.74) is 7.97. The van der Waals surface area contributed by atoms with E-state index in [9.17, 15) is 4.79 Å². The third kappa shape index (κ3) is 4.02. The van der Waals surface area contributed by atoms with Gasteiger partial charge in [0.2, 0.25) is 5.91 Å². The highest BCUT2D eigenvalue weighted by Gasteiger charge is 2.29. The zero-order chi connectivity index (χ0) is 18.0. The minimum Gasteiger partial charge on any atom is -0.490 e. The van der Waals surface area contributed by atoms with Crippen LogP contribution in [0, 0.1) is 12.8 Å². The van der Waals surface area contributed by atoms with E-state index in [0.717, 1.165) is 23.0 Å². The molecule has 2 heterocycles. The zero-order valence-corrected chi connectivity index (χ0v) is 15.0. The van der Waals surface area contributed by atoms with Crippen molar-refractivity contribution in [1.29, 1.82) is 0 Å². The number of ether oxygens (including phenoxy) is 2. The van der Waals surface area contributed by atoms with Crippen LogP contribution < -0.4 is 15.8 Å². The summed E-state index contributed by atoms with van der Waals surface area (Å²) in [6.07, 6.45) is 0.771. The molecule has 3 N–H and O–H groups in total. The van der Waals surface area contributed by atoms with Gasteiger partial charge in [0.15, 0.2) is 0 Å². The van der Waals surface area contributed by atoms with Crippen LogP contribution in [0.25, 0.3) is 10.9 Å². The number of nitrogen functional groups attached to an aromatic ring is 1. The lowest BCUT2D eigenvalue weighted by Crippen LogP contribution is -2.50. The number of aromatic nitrogens is 1. The lowest BCUT2D eigenvalue weighted by Gasteiger charge is -2.28. The second-order valence-electron chi connectivity index (χ2n) is 7.23. The number of benzene rings is 1. The molecule has 6 heteroatoms. The van der Waals surface area contributed by atoms with Crippen molar-refractivity contribution in [2.24, 2.45) is 5.92 Å². The van der Waals surface area contributed by atoms with Crippen molar-refractivity contribution in [3.8, 4) is 5.75 Å². The molecule has 25 heavy (non-hydrogen) atoms. The summed E-state index contributed by atoms with van der Waals surface area (Å²) in [5.74, 6) is 0.620. The molecule has 1 aliphatic heterocycles. The molecule has 0 aliphatic carbocycles. The first-order chi connectivity index (χ1) is 11.9. The number of amides is 1. The van der Waals surface area contributed by atoms with Crippen LogP contribution in [-0.4, -0.2) is 36.3 Å². The molecule has 0 bridgehead atoms. The molecule has 1 atom stereocenters. The molecule has 1 aromatic carbocycles. The average Bonchev–Trinajstić information content (AvgIpc) is 3.06. The zero-order valence-electron chi connectivity index (χ0n) is 15.0. The number of nitrogens with two attached hydrogens (primary N) is 1. The first-order valence-electron chi connectivity index (χ1n) is 8.54. The standard InChI is InChI=1S/C19H25N3O3/c1-12-9-14(20)17-15(21-12)5-4-6-16(17)25-11-19(2,3)22-18(23)13-7-8-24-10-13/h4-6,9,13H,7-8,10-11H2,1-3H3,(H2,20,21)(H,22,23). The predicted octanol–water partition coefficient (Wildman–Crippen LogP) is 2.44.